The van der Waals surface area contributed by atoms with Crippen LogP contribution in [-0.4, -0.2) is 24.5 Å². The molecule has 2 saturated carbocycles. The predicted octanol–water partition coefficient (Wildman–Crippen LogP) is 24.5. The summed E-state index contributed by atoms with van der Waals surface area (Å²) in [4.78, 5) is 9.89. The van der Waals surface area contributed by atoms with E-state index in [0.29, 0.717) is 66.6 Å². The standard InChI is InChI=1S/C102H100B2N4O3S/c1-95(2,3)63-39-47-77(69(55-63)61-31-19-17-20-32-61)105-89-87-92(110-82-59-67(107-79-37-25-23-35-73(79)99(13)51-27-29-53-101(99,107)15)43-45-75(82)103(87)85-71-57-65(97(7,8)9)41-49-81(71)111-93(85)105)90-88-91(89)109-83-60-68(108-80-38-26-24-36-74(80)100(14)52-28-30-54-102(100,108)16)44-46-76(83)104(88)86-72-58-66(98(10,11)12)42-50-84(72)112-94(86)106(90)78-48-40-64(96(4,5)6)56-70(78)62-33-21-18-22-34-62/h17-26,31-50,55-60H,27-30,51-54H2,1-16H3/i41D,42D,49D,50D,57D,58D. The van der Waals surface area contributed by atoms with Crippen molar-refractivity contribution in [3.05, 3.63) is 252 Å². The fraction of sp³-hybridized carbons (Fsp3) is 0.314. The number of hydrogen-bond donors (Lipinski definition) is 0. The Morgan fingerprint density at radius 1 is 0.411 bits per heavy atom. The molecular formula is C102H100B2N4O3S. The van der Waals surface area contributed by atoms with Gasteiger partial charge in [-0.05, 0) is 194 Å². The molecule has 0 amide bonds. The van der Waals surface area contributed by atoms with Gasteiger partial charge >= 0.3 is 0 Å². The molecular weight excluding hydrogens is 1380 g/mol. The van der Waals surface area contributed by atoms with E-state index in [0.717, 1.165) is 145 Å². The summed E-state index contributed by atoms with van der Waals surface area (Å²) in [6, 6.07) is 67.1. The number of ether oxygens (including phenoxy) is 2. The SMILES string of the molecule is [2H]c1c(C(C)(C)C)c([2H])c2c3c(oc2c1[2H])N(c1ccc(C(C)(C)C)cc1-c1ccccc1)c1c2c4c(c5c1B3c1ccc(N3c6ccccc6C6(C)CCCCC36C)cc1O5)N(c1ccc(C(C)(C)C)cc1-c1ccccc1)c1sc3c([2H])c([2H])c(C(C)(C)C)c([2H])c3c1B4c1ccc(N3c4ccccc4C4(C)CCCCC34C)cc1O2. The molecule has 4 unspecified atom stereocenters. The van der Waals surface area contributed by atoms with E-state index in [2.05, 4.69) is 292 Å². The van der Waals surface area contributed by atoms with Crippen molar-refractivity contribution < 1.29 is 22.1 Å². The summed E-state index contributed by atoms with van der Waals surface area (Å²) in [7, 11) is 0. The molecule has 4 atom stereocenters. The first-order valence-electron chi connectivity index (χ1n) is 43.9. The normalized spacial score (nSPS) is 21.9. The lowest BCUT2D eigenvalue weighted by atomic mass is 9.31. The molecule has 7 nitrogen and oxygen atoms in total. The third-order valence-electron chi connectivity index (χ3n) is 27.8. The van der Waals surface area contributed by atoms with E-state index in [4.69, 9.17) is 13.9 Å². The molecule has 558 valence electrons. The van der Waals surface area contributed by atoms with Crippen molar-refractivity contribution in [3.63, 3.8) is 0 Å². The number of hydrogen-bond acceptors (Lipinski definition) is 8. The average molecular weight is 1490 g/mol. The van der Waals surface area contributed by atoms with Gasteiger partial charge in [-0.3, -0.25) is 9.80 Å². The number of anilines is 10. The summed E-state index contributed by atoms with van der Waals surface area (Å²) < 4.78 is 88.8. The summed E-state index contributed by atoms with van der Waals surface area (Å²) in [5.74, 6) is 2.76. The second kappa shape index (κ2) is 23.7. The molecule has 21 rings (SSSR count). The zero-order valence-corrected chi connectivity index (χ0v) is 68.4. The number of furan rings is 1. The Morgan fingerprint density at radius 2 is 0.848 bits per heavy atom. The minimum absolute atomic E-state index is 0.0453. The predicted molar refractivity (Wildman–Crippen MR) is 475 cm³/mol. The Kier molecular flexibility index (Phi) is 13.4. The molecule has 2 fully saturated rings. The van der Waals surface area contributed by atoms with E-state index in [-0.39, 0.29) is 74.6 Å². The van der Waals surface area contributed by atoms with Gasteiger partial charge in [-0.1, -0.05) is 262 Å². The number of rotatable bonds is 6. The molecule has 0 spiro atoms. The first-order chi connectivity index (χ1) is 56.1. The molecule has 0 bridgehead atoms. The second-order valence-corrected chi connectivity index (χ2v) is 39.4. The summed E-state index contributed by atoms with van der Waals surface area (Å²) >= 11 is 1.49. The Morgan fingerprint density at radius 3 is 1.35 bits per heavy atom. The monoisotopic (exact) mass is 1490 g/mol. The number of nitrogens with zero attached hydrogens (tertiary/aromatic N) is 4. The lowest BCUT2D eigenvalue weighted by Crippen LogP contribution is -2.64. The van der Waals surface area contributed by atoms with E-state index < -0.39 is 24.3 Å². The van der Waals surface area contributed by atoms with Crippen LogP contribution in [0.3, 0.4) is 0 Å². The quantitative estimate of drug-likeness (QED) is 0.154. The average Bonchev–Trinajstić information content (AvgIpc) is 1.24. The van der Waals surface area contributed by atoms with E-state index in [1.807, 2.05) is 20.8 Å². The summed E-state index contributed by atoms with van der Waals surface area (Å²) in [6.07, 6.45) is 8.52. The number of para-hydroxylation sites is 2. The molecule has 0 radical (unpaired) electrons. The molecule has 2 aliphatic carbocycles. The summed E-state index contributed by atoms with van der Waals surface area (Å²) in [5.41, 5.74) is 19.0. The van der Waals surface area contributed by atoms with Crippen LogP contribution in [0.2, 0.25) is 0 Å². The van der Waals surface area contributed by atoms with Crippen molar-refractivity contribution in [3.8, 4) is 45.3 Å². The molecule has 0 N–H and O–H groups in total. The van der Waals surface area contributed by atoms with Crippen LogP contribution in [-0.2, 0) is 32.5 Å². The van der Waals surface area contributed by atoms with Crippen molar-refractivity contribution in [1.82, 2.24) is 0 Å². The highest BCUT2D eigenvalue weighted by molar-refractivity contribution is 7.26. The van der Waals surface area contributed by atoms with Gasteiger partial charge < -0.3 is 23.7 Å². The highest BCUT2D eigenvalue weighted by atomic mass is 32.1. The zero-order valence-electron chi connectivity index (χ0n) is 73.6. The molecule has 13 aromatic rings. The smallest absolute Gasteiger partial charge is 0.261 e. The van der Waals surface area contributed by atoms with Crippen LogP contribution in [0, 0.1) is 0 Å². The first kappa shape index (κ1) is 63.4. The van der Waals surface area contributed by atoms with Crippen molar-refractivity contribution >= 4 is 135 Å². The molecule has 10 heteroatoms. The van der Waals surface area contributed by atoms with Crippen LogP contribution in [0.1, 0.15) is 204 Å². The largest absolute Gasteiger partial charge is 0.456 e. The van der Waals surface area contributed by atoms with Crippen LogP contribution >= 0.6 is 11.3 Å². The number of benzene rings is 11. The Bertz CT molecular complexity index is 6160. The molecule has 8 aliphatic rings. The van der Waals surface area contributed by atoms with Gasteiger partial charge in [0.05, 0.1) is 47.1 Å². The van der Waals surface area contributed by atoms with Gasteiger partial charge in [-0.25, -0.2) is 0 Å². The van der Waals surface area contributed by atoms with E-state index in [9.17, 15) is 8.22 Å². The molecule has 8 heterocycles. The Hall–Kier alpha value is -10.2. The topological polar surface area (TPSA) is 44.6 Å². The van der Waals surface area contributed by atoms with Crippen LogP contribution in [0.25, 0.3) is 43.3 Å². The Labute approximate surface area is 675 Å². The van der Waals surface area contributed by atoms with Gasteiger partial charge in [0.25, 0.3) is 13.4 Å². The first-order valence-corrected chi connectivity index (χ1v) is 41.7. The van der Waals surface area contributed by atoms with Crippen LogP contribution < -0.4 is 61.9 Å². The lowest BCUT2D eigenvalue weighted by molar-refractivity contribution is 0.195. The zero-order chi connectivity index (χ0) is 82.3. The van der Waals surface area contributed by atoms with E-state index in [1.54, 1.807) is 0 Å². The van der Waals surface area contributed by atoms with Crippen molar-refractivity contribution in [2.24, 2.45) is 0 Å². The maximum Gasteiger partial charge on any atom is 0.261 e. The van der Waals surface area contributed by atoms with Gasteiger partial charge in [-0.2, -0.15) is 0 Å². The van der Waals surface area contributed by atoms with Gasteiger partial charge in [0.1, 0.15) is 28.6 Å². The van der Waals surface area contributed by atoms with Gasteiger partial charge in [-0.15, -0.1) is 11.3 Å². The third-order valence-corrected chi connectivity index (χ3v) is 29.0. The Balaban J connectivity index is 0.973. The van der Waals surface area contributed by atoms with E-state index >= 15 is 0 Å². The maximum absolute atomic E-state index is 11.0. The minimum Gasteiger partial charge on any atom is -0.456 e. The van der Waals surface area contributed by atoms with Crippen LogP contribution in [0.5, 0.6) is 23.0 Å². The van der Waals surface area contributed by atoms with Crippen molar-refractivity contribution in [2.75, 3.05) is 19.6 Å². The fourth-order valence-corrected chi connectivity index (χ4v) is 22.6. The summed E-state index contributed by atoms with van der Waals surface area (Å²) in [6.45, 7) is 34.2. The highest BCUT2D eigenvalue weighted by Crippen LogP contribution is 2.65. The molecule has 0 saturated heterocycles. The van der Waals surface area contributed by atoms with Crippen molar-refractivity contribution in [2.45, 2.75) is 206 Å². The van der Waals surface area contributed by atoms with Gasteiger partial charge in [0.15, 0.2) is 0 Å². The highest BCUT2D eigenvalue weighted by Gasteiger charge is 2.61. The minimum atomic E-state index is -0.803. The molecule has 6 aliphatic heterocycles. The molecule has 112 heavy (non-hydrogen) atoms. The summed E-state index contributed by atoms with van der Waals surface area (Å²) in [5, 5.41) is 1.89. The third kappa shape index (κ3) is 9.66. The van der Waals surface area contributed by atoms with Gasteiger partial charge in [0.2, 0.25) is 5.88 Å². The number of thiophene rings is 1. The van der Waals surface area contributed by atoms with Crippen LogP contribution in [0.15, 0.2) is 223 Å². The van der Waals surface area contributed by atoms with E-state index in [1.165, 1.54) is 33.8 Å². The fourth-order valence-electron chi connectivity index (χ4n) is 21.4. The molecule has 2 aromatic heterocycles. The second-order valence-electron chi connectivity index (χ2n) is 38.4. The van der Waals surface area contributed by atoms with Gasteiger partial charge in [0, 0.05) is 83.3 Å². The van der Waals surface area contributed by atoms with Crippen LogP contribution in [0.4, 0.5) is 56.4 Å². The number of fused-ring (bicyclic) bond motifs is 20. The lowest BCUT2D eigenvalue weighted by Gasteiger charge is -2.50. The molecule has 11 aromatic carbocycles. The maximum atomic E-state index is 11.0. The van der Waals surface area contributed by atoms with Crippen molar-refractivity contribution in [1.29, 1.82) is 0 Å².